The molecule has 3 heterocycles. The number of aromatic nitrogens is 1. The van der Waals surface area contributed by atoms with Gasteiger partial charge in [-0.15, -0.1) is 0 Å². The summed E-state index contributed by atoms with van der Waals surface area (Å²) in [6, 6.07) is 0. The molecule has 0 aromatic carbocycles. The van der Waals surface area contributed by atoms with E-state index in [-0.39, 0.29) is 5.04 Å². The van der Waals surface area contributed by atoms with Crippen molar-refractivity contribution in [1.82, 2.24) is 4.98 Å². The predicted molar refractivity (Wildman–Crippen MR) is 109 cm³/mol. The highest BCUT2D eigenvalue weighted by molar-refractivity contribution is 7.19. The number of nitrogens with zero attached hydrogens (tertiary/aromatic N) is 3. The van der Waals surface area contributed by atoms with Crippen molar-refractivity contribution < 1.29 is 9.16 Å². The van der Waals surface area contributed by atoms with Crippen LogP contribution in [0.25, 0.3) is 0 Å². The quantitative estimate of drug-likeness (QED) is 0.736. The Morgan fingerprint density at radius 1 is 1.20 bits per heavy atom. The Morgan fingerprint density at radius 3 is 2.60 bits per heavy atom. The van der Waals surface area contributed by atoms with Crippen molar-refractivity contribution in [2.75, 3.05) is 49.2 Å². The SMILES string of the molecule is CC(C)(C)[Si](C)(C)O[C@H]1CCCN(c2cnc(N3CCOCC3)s2)C1. The fourth-order valence-corrected chi connectivity index (χ4v) is 5.52. The average molecular weight is 384 g/mol. The van der Waals surface area contributed by atoms with Crippen molar-refractivity contribution in [2.45, 2.75) is 57.8 Å². The Hall–Kier alpha value is -0.633. The molecule has 5 nitrogen and oxygen atoms in total. The van der Waals surface area contributed by atoms with Crippen LogP contribution in [0.1, 0.15) is 33.6 Å². The maximum Gasteiger partial charge on any atom is 0.192 e. The zero-order chi connectivity index (χ0) is 18.1. The smallest absolute Gasteiger partial charge is 0.192 e. The zero-order valence-corrected chi connectivity index (χ0v) is 18.2. The van der Waals surface area contributed by atoms with Gasteiger partial charge in [0.15, 0.2) is 13.4 Å². The number of thiazole rings is 1. The fourth-order valence-electron chi connectivity index (χ4n) is 3.13. The molecule has 0 amide bonds. The van der Waals surface area contributed by atoms with Crippen LogP contribution in [0.4, 0.5) is 10.1 Å². The number of ether oxygens (including phenoxy) is 1. The molecule has 3 rings (SSSR count). The first-order chi connectivity index (χ1) is 11.8. The monoisotopic (exact) mass is 383 g/mol. The highest BCUT2D eigenvalue weighted by Crippen LogP contribution is 2.39. The van der Waals surface area contributed by atoms with E-state index in [0.29, 0.717) is 6.10 Å². The van der Waals surface area contributed by atoms with Gasteiger partial charge in [0.1, 0.15) is 5.00 Å². The van der Waals surface area contributed by atoms with Gasteiger partial charge < -0.3 is 19.0 Å². The summed E-state index contributed by atoms with van der Waals surface area (Å²) in [5, 5.41) is 2.68. The molecule has 0 radical (unpaired) electrons. The molecule has 7 heteroatoms. The lowest BCUT2D eigenvalue weighted by atomic mass is 10.1. The summed E-state index contributed by atoms with van der Waals surface area (Å²) in [7, 11) is -1.71. The molecule has 0 N–H and O–H groups in total. The minimum Gasteiger partial charge on any atom is -0.412 e. The highest BCUT2D eigenvalue weighted by atomic mass is 32.1. The minimum atomic E-state index is -1.71. The van der Waals surface area contributed by atoms with Crippen molar-refractivity contribution in [3.8, 4) is 0 Å². The Kier molecular flexibility index (Phi) is 5.77. The lowest BCUT2D eigenvalue weighted by molar-refractivity contribution is 0.122. The summed E-state index contributed by atoms with van der Waals surface area (Å²) >= 11 is 1.81. The minimum absolute atomic E-state index is 0.267. The average Bonchev–Trinajstić information content (AvgIpc) is 3.04. The summed E-state index contributed by atoms with van der Waals surface area (Å²) in [6.07, 6.45) is 4.77. The van der Waals surface area contributed by atoms with Crippen LogP contribution in [0.5, 0.6) is 0 Å². The van der Waals surface area contributed by atoms with Crippen molar-refractivity contribution in [3.05, 3.63) is 6.20 Å². The van der Waals surface area contributed by atoms with E-state index in [1.54, 1.807) is 0 Å². The van der Waals surface area contributed by atoms with Gasteiger partial charge in [-0.2, -0.15) is 0 Å². The molecule has 1 atom stereocenters. The summed E-state index contributed by atoms with van der Waals surface area (Å²) in [6.45, 7) is 17.3. The molecule has 1 aromatic heterocycles. The van der Waals surface area contributed by atoms with Gasteiger partial charge in [-0.3, -0.25) is 0 Å². The summed E-state index contributed by atoms with van der Waals surface area (Å²) in [5.41, 5.74) is 0. The predicted octanol–water partition coefficient (Wildman–Crippen LogP) is 3.97. The summed E-state index contributed by atoms with van der Waals surface area (Å²) in [4.78, 5) is 9.48. The van der Waals surface area contributed by atoms with E-state index in [0.717, 1.165) is 44.5 Å². The van der Waals surface area contributed by atoms with Gasteiger partial charge >= 0.3 is 0 Å². The maximum absolute atomic E-state index is 6.67. The number of hydrogen-bond donors (Lipinski definition) is 0. The Balaban J connectivity index is 1.62. The van der Waals surface area contributed by atoms with Gasteiger partial charge in [0.2, 0.25) is 0 Å². The first-order valence-corrected chi connectivity index (χ1v) is 13.2. The second-order valence-corrected chi connectivity index (χ2v) is 14.4. The molecule has 0 bridgehead atoms. The van der Waals surface area contributed by atoms with Gasteiger partial charge in [-0.25, -0.2) is 4.98 Å². The third-order valence-electron chi connectivity index (χ3n) is 5.72. The second kappa shape index (κ2) is 7.54. The van der Waals surface area contributed by atoms with Crippen molar-refractivity contribution >= 4 is 29.8 Å². The third kappa shape index (κ3) is 4.56. The zero-order valence-electron chi connectivity index (χ0n) is 16.4. The van der Waals surface area contributed by atoms with Crippen molar-refractivity contribution in [1.29, 1.82) is 0 Å². The number of rotatable bonds is 4. The van der Waals surface area contributed by atoms with Crippen LogP contribution in [0.2, 0.25) is 18.1 Å². The standard InChI is InChI=1S/C18H33N3O2SSi/c1-18(2,3)25(4,5)23-15-7-6-8-21(14-15)16-13-19-17(24-16)20-9-11-22-12-10-20/h13,15H,6-12,14H2,1-5H3/t15-/m0/s1. The normalized spacial score (nSPS) is 23.2. The molecule has 2 saturated heterocycles. The Bertz CT molecular complexity index is 567. The molecule has 2 aliphatic heterocycles. The van der Waals surface area contributed by atoms with Crippen molar-refractivity contribution in [2.24, 2.45) is 0 Å². The Morgan fingerprint density at radius 2 is 1.92 bits per heavy atom. The lowest BCUT2D eigenvalue weighted by Crippen LogP contribution is -2.49. The summed E-state index contributed by atoms with van der Waals surface area (Å²) in [5.74, 6) is 0. The number of anilines is 2. The van der Waals surface area contributed by atoms with Crippen LogP contribution in [-0.2, 0) is 9.16 Å². The van der Waals surface area contributed by atoms with Gasteiger partial charge in [0.25, 0.3) is 0 Å². The topological polar surface area (TPSA) is 37.8 Å². The van der Waals surface area contributed by atoms with Gasteiger partial charge in [-0.05, 0) is 31.0 Å². The van der Waals surface area contributed by atoms with Crippen LogP contribution in [0.15, 0.2) is 6.20 Å². The maximum atomic E-state index is 6.67. The van der Waals surface area contributed by atoms with Gasteiger partial charge in [0, 0.05) is 26.2 Å². The van der Waals surface area contributed by atoms with E-state index in [1.807, 2.05) is 17.5 Å². The summed E-state index contributed by atoms with van der Waals surface area (Å²) < 4.78 is 12.1. The molecule has 0 spiro atoms. The molecule has 0 aliphatic carbocycles. The first-order valence-electron chi connectivity index (χ1n) is 9.47. The van der Waals surface area contributed by atoms with Crippen LogP contribution in [0, 0.1) is 0 Å². The number of morpholine rings is 1. The second-order valence-electron chi connectivity index (χ2n) is 8.67. The van der Waals surface area contributed by atoms with Gasteiger partial charge in [-0.1, -0.05) is 32.1 Å². The molecule has 2 aliphatic rings. The molecule has 0 unspecified atom stereocenters. The molecule has 0 saturated carbocycles. The van der Waals surface area contributed by atoms with E-state index in [2.05, 4.69) is 48.6 Å². The molecule has 1 aromatic rings. The Labute approximate surface area is 157 Å². The lowest BCUT2D eigenvalue weighted by Gasteiger charge is -2.42. The van der Waals surface area contributed by atoms with E-state index < -0.39 is 8.32 Å². The van der Waals surface area contributed by atoms with Crippen LogP contribution >= 0.6 is 11.3 Å². The van der Waals surface area contributed by atoms with Crippen molar-refractivity contribution in [3.63, 3.8) is 0 Å². The highest BCUT2D eigenvalue weighted by Gasteiger charge is 2.40. The molecule has 25 heavy (non-hydrogen) atoms. The largest absolute Gasteiger partial charge is 0.412 e. The van der Waals surface area contributed by atoms with E-state index >= 15 is 0 Å². The first kappa shape index (κ1) is 19.1. The van der Waals surface area contributed by atoms with Gasteiger partial charge in [0.05, 0.1) is 25.5 Å². The van der Waals surface area contributed by atoms with Crippen LogP contribution < -0.4 is 9.80 Å². The molecular formula is C18H33N3O2SSi. The molecule has 2 fully saturated rings. The molecule has 142 valence electrons. The number of hydrogen-bond acceptors (Lipinski definition) is 6. The third-order valence-corrected chi connectivity index (χ3v) is 11.4. The number of piperidine rings is 1. The van der Waals surface area contributed by atoms with E-state index in [1.165, 1.54) is 17.8 Å². The van der Waals surface area contributed by atoms with E-state index in [9.17, 15) is 0 Å². The molecular weight excluding hydrogens is 350 g/mol. The fraction of sp³-hybridized carbons (Fsp3) is 0.833. The van der Waals surface area contributed by atoms with Crippen LogP contribution in [0.3, 0.4) is 0 Å². The van der Waals surface area contributed by atoms with E-state index in [4.69, 9.17) is 9.16 Å². The van der Waals surface area contributed by atoms with Crippen LogP contribution in [-0.4, -0.2) is 58.8 Å².